The molecule has 2 nitrogen and oxygen atoms in total. The van der Waals surface area contributed by atoms with Crippen molar-refractivity contribution in [1.29, 1.82) is 0 Å². The monoisotopic (exact) mass is 317 g/mol. The third kappa shape index (κ3) is 3.18. The number of halogens is 3. The predicted octanol–water partition coefficient (Wildman–Crippen LogP) is 5.01. The normalized spacial score (nSPS) is 10.4. The topological polar surface area (TPSA) is 30.0 Å². The van der Waals surface area contributed by atoms with E-state index in [4.69, 9.17) is 34.8 Å². The van der Waals surface area contributed by atoms with Gasteiger partial charge in [-0.25, -0.2) is 4.98 Å². The molecule has 0 atom stereocenters. The van der Waals surface area contributed by atoms with Crippen LogP contribution < -0.4 is 0 Å². The molecule has 92 valence electrons. The molecule has 1 aromatic heterocycles. The molecule has 2 rings (SSSR count). The number of rotatable bonds is 3. The molecule has 0 saturated heterocycles. The van der Waals surface area contributed by atoms with Gasteiger partial charge in [-0.2, -0.15) is 0 Å². The minimum atomic E-state index is 0.190. The van der Waals surface area contributed by atoms with E-state index in [1.165, 1.54) is 11.8 Å². The summed E-state index contributed by atoms with van der Waals surface area (Å²) >= 11 is 19.0. The van der Waals surface area contributed by atoms with Gasteiger partial charge in [0.25, 0.3) is 0 Å². The fraction of sp³-hybridized carbons (Fsp3) is 0. The number of carbonyl (C=O) groups is 1. The Hall–Kier alpha value is -0.740. The van der Waals surface area contributed by atoms with Gasteiger partial charge in [-0.1, -0.05) is 46.6 Å². The van der Waals surface area contributed by atoms with Crippen LogP contribution in [0.25, 0.3) is 0 Å². The third-order valence-electron chi connectivity index (χ3n) is 2.09. The minimum absolute atomic E-state index is 0.190. The van der Waals surface area contributed by atoms with Gasteiger partial charge in [0.15, 0.2) is 6.29 Å². The molecule has 0 fully saturated rings. The van der Waals surface area contributed by atoms with E-state index < -0.39 is 0 Å². The van der Waals surface area contributed by atoms with Crippen molar-refractivity contribution in [2.45, 2.75) is 9.92 Å². The van der Waals surface area contributed by atoms with Crippen molar-refractivity contribution < 1.29 is 4.79 Å². The predicted molar refractivity (Wildman–Crippen MR) is 75.2 cm³/mol. The Balaban J connectivity index is 2.25. The lowest BCUT2D eigenvalue weighted by Crippen LogP contribution is -1.87. The van der Waals surface area contributed by atoms with Gasteiger partial charge in [0, 0.05) is 4.90 Å². The van der Waals surface area contributed by atoms with Crippen molar-refractivity contribution in [2.75, 3.05) is 0 Å². The van der Waals surface area contributed by atoms with Crippen LogP contribution in [0.2, 0.25) is 15.2 Å². The fourth-order valence-corrected chi connectivity index (χ4v) is 2.67. The molecule has 0 radical (unpaired) electrons. The summed E-state index contributed by atoms with van der Waals surface area (Å²) in [5.41, 5.74) is 0.371. The molecule has 0 aliphatic carbocycles. The summed E-state index contributed by atoms with van der Waals surface area (Å²) in [6.07, 6.45) is 0.670. The second kappa shape index (κ2) is 5.93. The van der Waals surface area contributed by atoms with Gasteiger partial charge in [0.05, 0.1) is 15.6 Å². The van der Waals surface area contributed by atoms with Crippen LogP contribution in [0.3, 0.4) is 0 Å². The van der Waals surface area contributed by atoms with Gasteiger partial charge >= 0.3 is 0 Å². The minimum Gasteiger partial charge on any atom is -0.298 e. The van der Waals surface area contributed by atoms with Gasteiger partial charge in [-0.15, -0.1) is 0 Å². The average molecular weight is 319 g/mol. The molecule has 6 heteroatoms. The number of carbonyl (C=O) groups excluding carboxylic acids is 1. The summed E-state index contributed by atoms with van der Waals surface area (Å²) in [5.74, 6) is 0. The molecular formula is C12H6Cl3NOS. The first-order chi connectivity index (χ1) is 8.60. The van der Waals surface area contributed by atoms with E-state index >= 15 is 0 Å². The molecule has 0 bridgehead atoms. The molecule has 1 aromatic carbocycles. The Labute approximate surface area is 123 Å². The smallest absolute Gasteiger partial charge is 0.153 e. The molecule has 0 aliphatic rings. The van der Waals surface area contributed by atoms with E-state index in [0.717, 1.165) is 4.90 Å². The summed E-state index contributed by atoms with van der Waals surface area (Å²) in [4.78, 5) is 15.6. The zero-order chi connectivity index (χ0) is 13.1. The number of pyridine rings is 1. The van der Waals surface area contributed by atoms with E-state index in [1.807, 2.05) is 6.07 Å². The highest BCUT2D eigenvalue weighted by atomic mass is 35.5. The Bertz CT molecular complexity index is 604. The second-order valence-corrected chi connectivity index (χ2v) is 5.59. The Morgan fingerprint density at radius 1 is 1.06 bits per heavy atom. The quantitative estimate of drug-likeness (QED) is 0.589. The maximum atomic E-state index is 10.6. The maximum absolute atomic E-state index is 10.6. The molecule has 0 N–H and O–H groups in total. The zero-order valence-corrected chi connectivity index (χ0v) is 11.9. The van der Waals surface area contributed by atoms with Crippen LogP contribution in [0, 0.1) is 0 Å². The largest absolute Gasteiger partial charge is 0.298 e. The number of hydrogen-bond donors (Lipinski definition) is 0. The first-order valence-corrected chi connectivity index (χ1v) is 6.80. The molecule has 1 heterocycles. The molecule has 0 unspecified atom stereocenters. The molecule has 2 aromatic rings. The Morgan fingerprint density at radius 2 is 1.83 bits per heavy atom. The molecule has 0 saturated carbocycles. The van der Waals surface area contributed by atoms with Crippen molar-refractivity contribution >= 4 is 52.9 Å². The summed E-state index contributed by atoms with van der Waals surface area (Å²) in [6, 6.07) is 8.65. The van der Waals surface area contributed by atoms with Gasteiger partial charge < -0.3 is 0 Å². The Kier molecular flexibility index (Phi) is 4.51. The molecule has 0 aliphatic heterocycles. The number of nitrogens with zero attached hydrogens (tertiary/aromatic N) is 1. The molecule has 0 spiro atoms. The van der Waals surface area contributed by atoms with Crippen LogP contribution >= 0.6 is 46.6 Å². The summed E-state index contributed by atoms with van der Waals surface area (Å²) < 4.78 is 0. The lowest BCUT2D eigenvalue weighted by Gasteiger charge is -2.04. The van der Waals surface area contributed by atoms with Crippen LogP contribution in [0.15, 0.2) is 40.3 Å². The van der Waals surface area contributed by atoms with Crippen LogP contribution in [-0.4, -0.2) is 11.3 Å². The van der Waals surface area contributed by atoms with Crippen LogP contribution in [0.1, 0.15) is 10.4 Å². The van der Waals surface area contributed by atoms with Crippen molar-refractivity contribution in [3.05, 3.63) is 51.1 Å². The maximum Gasteiger partial charge on any atom is 0.153 e. The molecular weight excluding hydrogens is 313 g/mol. The summed E-state index contributed by atoms with van der Waals surface area (Å²) in [6.45, 7) is 0. The number of hydrogen-bond acceptors (Lipinski definition) is 3. The second-order valence-electron chi connectivity index (χ2n) is 3.33. The van der Waals surface area contributed by atoms with Gasteiger partial charge in [0.2, 0.25) is 0 Å². The first kappa shape index (κ1) is 13.7. The highest BCUT2D eigenvalue weighted by Crippen LogP contribution is 2.32. The zero-order valence-electron chi connectivity index (χ0n) is 8.86. The van der Waals surface area contributed by atoms with Crippen molar-refractivity contribution in [2.24, 2.45) is 0 Å². The van der Waals surface area contributed by atoms with Gasteiger partial charge in [-0.3, -0.25) is 4.79 Å². The van der Waals surface area contributed by atoms with E-state index in [1.54, 1.807) is 24.3 Å². The van der Waals surface area contributed by atoms with Crippen molar-refractivity contribution in [1.82, 2.24) is 4.98 Å². The number of aromatic nitrogens is 1. The highest BCUT2D eigenvalue weighted by molar-refractivity contribution is 7.99. The third-order valence-corrected chi connectivity index (χ3v) is 4.06. The number of aldehydes is 1. The van der Waals surface area contributed by atoms with Crippen LogP contribution in [0.5, 0.6) is 0 Å². The number of benzene rings is 1. The van der Waals surface area contributed by atoms with E-state index in [2.05, 4.69) is 4.98 Å². The average Bonchev–Trinajstić information content (AvgIpc) is 2.34. The van der Waals surface area contributed by atoms with Gasteiger partial charge in [0.1, 0.15) is 10.2 Å². The molecule has 0 amide bonds. The fourth-order valence-electron chi connectivity index (χ4n) is 1.23. The highest BCUT2D eigenvalue weighted by Gasteiger charge is 2.06. The van der Waals surface area contributed by atoms with E-state index in [0.29, 0.717) is 26.9 Å². The van der Waals surface area contributed by atoms with Crippen molar-refractivity contribution in [3.63, 3.8) is 0 Å². The van der Waals surface area contributed by atoms with E-state index in [-0.39, 0.29) is 5.15 Å². The van der Waals surface area contributed by atoms with E-state index in [9.17, 15) is 4.79 Å². The SMILES string of the molecule is O=Cc1ccc(Sc2ccc(Cl)c(Cl)c2)nc1Cl. The van der Waals surface area contributed by atoms with Crippen LogP contribution in [-0.2, 0) is 0 Å². The Morgan fingerprint density at radius 3 is 2.44 bits per heavy atom. The lowest BCUT2D eigenvalue weighted by atomic mass is 10.3. The van der Waals surface area contributed by atoms with Crippen molar-refractivity contribution in [3.8, 4) is 0 Å². The van der Waals surface area contributed by atoms with Gasteiger partial charge in [-0.05, 0) is 30.3 Å². The van der Waals surface area contributed by atoms with Crippen LogP contribution in [0.4, 0.5) is 0 Å². The lowest BCUT2D eigenvalue weighted by molar-refractivity contribution is 0.112. The summed E-state index contributed by atoms with van der Waals surface area (Å²) in [5, 5.41) is 1.86. The summed E-state index contributed by atoms with van der Waals surface area (Å²) in [7, 11) is 0. The molecule has 18 heavy (non-hydrogen) atoms. The first-order valence-electron chi connectivity index (χ1n) is 4.85. The standard InChI is InChI=1S/C12H6Cl3NOS/c13-9-3-2-8(5-10(9)14)18-11-4-1-7(6-17)12(15)16-11/h1-6H.